The van der Waals surface area contributed by atoms with E-state index in [1.165, 1.54) is 0 Å². The Labute approximate surface area is 275 Å². The molecule has 0 saturated carbocycles. The number of aliphatic imine (C=N–C) groups is 1. The van der Waals surface area contributed by atoms with Crippen LogP contribution in [0.15, 0.2) is 120 Å². The maximum Gasteiger partial charge on any atom is 0.417 e. The van der Waals surface area contributed by atoms with Crippen molar-refractivity contribution in [1.29, 1.82) is 0 Å². The number of hydrogen-bond donors (Lipinski definition) is 3. The molecule has 0 fully saturated rings. The summed E-state index contributed by atoms with van der Waals surface area (Å²) in [5, 5.41) is 3.00. The van der Waals surface area contributed by atoms with Crippen molar-refractivity contribution in [1.82, 2.24) is 10.2 Å². The van der Waals surface area contributed by atoms with Gasteiger partial charge >= 0.3 is 6.09 Å². The van der Waals surface area contributed by atoms with Crippen LogP contribution in [0.25, 0.3) is 0 Å². The van der Waals surface area contributed by atoms with Crippen LogP contribution in [-0.2, 0) is 20.9 Å². The summed E-state index contributed by atoms with van der Waals surface area (Å²) in [6, 6.07) is 33.0. The number of rotatable bonds is 14. The van der Waals surface area contributed by atoms with Crippen molar-refractivity contribution >= 4 is 23.9 Å². The largest absolute Gasteiger partial charge is 0.497 e. The summed E-state index contributed by atoms with van der Waals surface area (Å²) >= 11 is 0. The average Bonchev–Trinajstić information content (AvgIpc) is 3.10. The van der Waals surface area contributed by atoms with Crippen LogP contribution in [0.1, 0.15) is 54.0 Å². The summed E-state index contributed by atoms with van der Waals surface area (Å²) in [6.07, 6.45) is -0.542. The van der Waals surface area contributed by atoms with E-state index < -0.39 is 35.9 Å². The average molecular weight is 636 g/mol. The fourth-order valence-corrected chi connectivity index (χ4v) is 5.22. The molecular formula is C37H41N5O5. The van der Waals surface area contributed by atoms with Crippen molar-refractivity contribution in [2.24, 2.45) is 16.5 Å². The molecule has 47 heavy (non-hydrogen) atoms. The summed E-state index contributed by atoms with van der Waals surface area (Å²) in [5.74, 6) is -1.44. The first-order chi connectivity index (χ1) is 22.8. The molecule has 0 aliphatic rings. The summed E-state index contributed by atoms with van der Waals surface area (Å²) in [4.78, 5) is 48.0. The second kappa shape index (κ2) is 17.2. The minimum atomic E-state index is -1.24. The van der Waals surface area contributed by atoms with Crippen molar-refractivity contribution in [2.45, 2.75) is 44.4 Å². The molecule has 10 nitrogen and oxygen atoms in total. The number of guanidine groups is 1. The summed E-state index contributed by atoms with van der Waals surface area (Å²) in [6.45, 7) is 1.93. The first kappa shape index (κ1) is 34.2. The standard InChI is InChI=1S/C37H41N5O5/c1-26(28-20-22-31(46-2)23-21-28)41-34(43)32(19-12-24-40-36(38)39)42(37(45)47-25-27-13-6-3-7-14-27)35(44)33(29-15-8-4-9-16-29)30-17-10-5-11-18-30/h3-11,13-18,20-23,26,32-33H,12,19,24-25H2,1-2H3,(H,41,43)(H4,38,39,40)/t26-,32+/m0/s1. The Balaban J connectivity index is 1.74. The van der Waals surface area contributed by atoms with Gasteiger partial charge in [0, 0.05) is 6.54 Å². The van der Waals surface area contributed by atoms with Gasteiger partial charge in [-0.15, -0.1) is 0 Å². The predicted molar refractivity (Wildman–Crippen MR) is 181 cm³/mol. The lowest BCUT2D eigenvalue weighted by Crippen LogP contribution is -2.54. The number of nitrogens with two attached hydrogens (primary N) is 2. The van der Waals surface area contributed by atoms with Crippen LogP contribution in [0.2, 0.25) is 0 Å². The number of imide groups is 1. The van der Waals surface area contributed by atoms with E-state index in [9.17, 15) is 14.4 Å². The topological polar surface area (TPSA) is 149 Å². The zero-order valence-corrected chi connectivity index (χ0v) is 26.6. The zero-order chi connectivity index (χ0) is 33.6. The molecular weight excluding hydrogens is 594 g/mol. The van der Waals surface area contributed by atoms with Crippen LogP contribution in [0.3, 0.4) is 0 Å². The van der Waals surface area contributed by atoms with Crippen molar-refractivity contribution < 1.29 is 23.9 Å². The third-order valence-corrected chi connectivity index (χ3v) is 7.67. The van der Waals surface area contributed by atoms with Gasteiger partial charge in [-0.2, -0.15) is 0 Å². The SMILES string of the molecule is COc1ccc([C@H](C)NC(=O)[C@@H](CCCN=C(N)N)N(C(=O)OCc2ccccc2)C(=O)C(c2ccccc2)c2ccccc2)cc1. The van der Waals surface area contributed by atoms with Crippen molar-refractivity contribution in [3.63, 3.8) is 0 Å². The molecule has 0 aliphatic carbocycles. The van der Waals surface area contributed by atoms with Crippen LogP contribution in [-0.4, -0.2) is 48.5 Å². The lowest BCUT2D eigenvalue weighted by Gasteiger charge is -2.32. The summed E-state index contributed by atoms with van der Waals surface area (Å²) in [5.41, 5.74) is 14.0. The summed E-state index contributed by atoms with van der Waals surface area (Å²) < 4.78 is 11.0. The smallest absolute Gasteiger partial charge is 0.417 e. The quantitative estimate of drug-likeness (QED) is 0.0968. The number of hydrogen-bond acceptors (Lipinski definition) is 6. The molecule has 5 N–H and O–H groups in total. The molecule has 0 aromatic heterocycles. The second-order valence-electron chi connectivity index (χ2n) is 11.0. The van der Waals surface area contributed by atoms with Gasteiger partial charge in [0.1, 0.15) is 18.4 Å². The Kier molecular flexibility index (Phi) is 12.5. The van der Waals surface area contributed by atoms with E-state index in [1.807, 2.05) is 110 Å². The van der Waals surface area contributed by atoms with Gasteiger partial charge in [0.15, 0.2) is 5.96 Å². The lowest BCUT2D eigenvalue weighted by atomic mass is 9.89. The number of amides is 3. The van der Waals surface area contributed by atoms with Gasteiger partial charge in [0.2, 0.25) is 11.8 Å². The van der Waals surface area contributed by atoms with E-state index in [-0.39, 0.29) is 25.5 Å². The van der Waals surface area contributed by atoms with Crippen LogP contribution in [0, 0.1) is 0 Å². The van der Waals surface area contributed by atoms with Gasteiger partial charge in [-0.25, -0.2) is 9.69 Å². The third kappa shape index (κ3) is 9.67. The van der Waals surface area contributed by atoms with E-state index >= 15 is 0 Å². The Morgan fingerprint density at radius 3 is 1.87 bits per heavy atom. The zero-order valence-electron chi connectivity index (χ0n) is 26.6. The van der Waals surface area contributed by atoms with Crippen LogP contribution in [0.5, 0.6) is 5.75 Å². The Morgan fingerprint density at radius 1 is 0.787 bits per heavy atom. The van der Waals surface area contributed by atoms with Crippen molar-refractivity contribution in [3.05, 3.63) is 138 Å². The van der Waals surface area contributed by atoms with Gasteiger partial charge in [0.25, 0.3) is 0 Å². The van der Waals surface area contributed by atoms with Gasteiger partial charge < -0.3 is 26.3 Å². The van der Waals surface area contributed by atoms with Crippen molar-refractivity contribution in [2.75, 3.05) is 13.7 Å². The Bertz CT molecular complexity index is 1570. The fraction of sp³-hybridized carbons (Fsp3) is 0.243. The third-order valence-electron chi connectivity index (χ3n) is 7.67. The maximum absolute atomic E-state index is 14.8. The van der Waals surface area contributed by atoms with E-state index in [0.29, 0.717) is 23.3 Å². The van der Waals surface area contributed by atoms with E-state index in [4.69, 9.17) is 20.9 Å². The minimum absolute atomic E-state index is 0.0838. The molecule has 4 rings (SSSR count). The molecule has 4 aromatic carbocycles. The number of methoxy groups -OCH3 is 1. The number of nitrogens with one attached hydrogen (secondary N) is 1. The molecule has 0 bridgehead atoms. The second-order valence-corrected chi connectivity index (χ2v) is 11.0. The van der Waals surface area contributed by atoms with Gasteiger partial charge in [-0.1, -0.05) is 103 Å². The van der Waals surface area contributed by atoms with E-state index in [2.05, 4.69) is 10.3 Å². The maximum atomic E-state index is 14.8. The molecule has 4 aromatic rings. The van der Waals surface area contributed by atoms with Gasteiger partial charge in [-0.05, 0) is 54.2 Å². The normalized spacial score (nSPS) is 12.0. The van der Waals surface area contributed by atoms with Crippen LogP contribution in [0.4, 0.5) is 4.79 Å². The molecule has 244 valence electrons. The first-order valence-electron chi connectivity index (χ1n) is 15.4. The molecule has 0 saturated heterocycles. The van der Waals surface area contributed by atoms with E-state index in [1.54, 1.807) is 19.2 Å². The monoisotopic (exact) mass is 635 g/mol. The molecule has 0 aliphatic heterocycles. The molecule has 0 heterocycles. The van der Waals surface area contributed by atoms with Crippen LogP contribution < -0.4 is 21.5 Å². The molecule has 0 unspecified atom stereocenters. The predicted octanol–water partition coefficient (Wildman–Crippen LogP) is 5.29. The first-order valence-corrected chi connectivity index (χ1v) is 15.4. The molecule has 0 spiro atoms. The summed E-state index contributed by atoms with van der Waals surface area (Å²) in [7, 11) is 1.58. The number of benzene rings is 4. The van der Waals surface area contributed by atoms with E-state index in [0.717, 1.165) is 16.0 Å². The van der Waals surface area contributed by atoms with Crippen molar-refractivity contribution in [3.8, 4) is 5.75 Å². The number of nitrogens with zero attached hydrogens (tertiary/aromatic N) is 2. The number of carbonyl (C=O) groups excluding carboxylic acids is 3. The molecule has 3 amide bonds. The fourth-order valence-electron chi connectivity index (χ4n) is 5.22. The lowest BCUT2D eigenvalue weighted by molar-refractivity contribution is -0.139. The highest BCUT2D eigenvalue weighted by Gasteiger charge is 2.40. The van der Waals surface area contributed by atoms with Crippen LogP contribution >= 0.6 is 0 Å². The van der Waals surface area contributed by atoms with Gasteiger partial charge in [0.05, 0.1) is 19.1 Å². The molecule has 10 heteroatoms. The van der Waals surface area contributed by atoms with Gasteiger partial charge in [-0.3, -0.25) is 14.6 Å². The Morgan fingerprint density at radius 2 is 1.34 bits per heavy atom. The Hall–Kier alpha value is -5.64. The molecule has 0 radical (unpaired) electrons. The number of carbonyl (C=O) groups is 3. The molecule has 2 atom stereocenters. The highest BCUT2D eigenvalue weighted by Crippen LogP contribution is 2.29. The highest BCUT2D eigenvalue weighted by atomic mass is 16.6. The highest BCUT2D eigenvalue weighted by molar-refractivity contribution is 6.02. The minimum Gasteiger partial charge on any atom is -0.497 e. The number of ether oxygens (including phenoxy) is 2.